The van der Waals surface area contributed by atoms with Crippen molar-refractivity contribution in [3.8, 4) is 0 Å². The molecule has 1 aliphatic rings. The van der Waals surface area contributed by atoms with Crippen LogP contribution in [0.2, 0.25) is 0 Å². The molecule has 3 aromatic rings. The van der Waals surface area contributed by atoms with Crippen LogP contribution in [0.4, 0.5) is 0 Å². The highest BCUT2D eigenvalue weighted by Crippen LogP contribution is 2.57. The topological polar surface area (TPSA) is 94.4 Å². The van der Waals surface area contributed by atoms with Crippen molar-refractivity contribution in [2.45, 2.75) is 6.61 Å². The maximum Gasteiger partial charge on any atom is 0.257 e. The van der Waals surface area contributed by atoms with E-state index < -0.39 is 10.6 Å². The van der Waals surface area contributed by atoms with Crippen LogP contribution in [0.1, 0.15) is 21.5 Å². The minimum Gasteiger partial charge on any atom is -0.382 e. The molecule has 8 nitrogen and oxygen atoms in total. The van der Waals surface area contributed by atoms with Crippen LogP contribution in [0.5, 0.6) is 0 Å². The van der Waals surface area contributed by atoms with Crippen molar-refractivity contribution in [2.75, 3.05) is 20.3 Å². The molecule has 2 aromatic carbocycles. The Bertz CT molecular complexity index is 1130. The normalized spacial score (nSPS) is 19.3. The molecule has 1 amide bonds. The van der Waals surface area contributed by atoms with Gasteiger partial charge in [-0.15, -0.1) is 10.2 Å². The number of rotatable bonds is 9. The van der Waals surface area contributed by atoms with Gasteiger partial charge in [-0.2, -0.15) is 0 Å². The Balaban J connectivity index is 1.69. The van der Waals surface area contributed by atoms with Crippen molar-refractivity contribution in [3.05, 3.63) is 102 Å². The van der Waals surface area contributed by atoms with Crippen LogP contribution < -0.4 is 5.32 Å². The van der Waals surface area contributed by atoms with Crippen LogP contribution in [-0.2, 0) is 19.7 Å². The Labute approximate surface area is 194 Å². The molecule has 170 valence electrons. The number of pyridine rings is 1. The summed E-state index contributed by atoms with van der Waals surface area (Å²) in [5.41, 5.74) is 2.19. The summed E-state index contributed by atoms with van der Waals surface area (Å²) < 4.78 is 17.9. The average Bonchev–Trinajstić information content (AvgIpc) is 3.22. The van der Waals surface area contributed by atoms with Crippen LogP contribution in [0.3, 0.4) is 0 Å². The van der Waals surface area contributed by atoms with Gasteiger partial charge in [-0.1, -0.05) is 59.1 Å². The molecule has 1 aliphatic heterocycles. The fourth-order valence-electron chi connectivity index (χ4n) is 3.07. The van der Waals surface area contributed by atoms with Crippen molar-refractivity contribution in [1.82, 2.24) is 10.3 Å². The van der Waals surface area contributed by atoms with E-state index in [1.165, 1.54) is 0 Å². The fourth-order valence-corrected chi connectivity index (χ4v) is 5.34. The van der Waals surface area contributed by atoms with Crippen molar-refractivity contribution < 1.29 is 17.9 Å². The quantitative estimate of drug-likeness (QED) is 0.482. The number of hydrogen-bond donors (Lipinski definition) is 1. The van der Waals surface area contributed by atoms with Crippen molar-refractivity contribution in [2.24, 2.45) is 10.2 Å². The van der Waals surface area contributed by atoms with Crippen LogP contribution >= 0.6 is 10.6 Å². The molecule has 0 bridgehead atoms. The van der Waals surface area contributed by atoms with Gasteiger partial charge in [0.15, 0.2) is 5.04 Å². The molecular formula is C24H24N4O4S. The first-order valence-electron chi connectivity index (χ1n) is 10.3. The lowest BCUT2D eigenvalue weighted by atomic mass is 10.2. The largest absolute Gasteiger partial charge is 0.382 e. The molecular weight excluding hydrogens is 440 g/mol. The van der Waals surface area contributed by atoms with Crippen molar-refractivity contribution in [3.63, 3.8) is 0 Å². The molecule has 0 saturated heterocycles. The van der Waals surface area contributed by atoms with Crippen LogP contribution in [0, 0.1) is 0 Å². The first-order chi connectivity index (χ1) is 16.2. The van der Waals surface area contributed by atoms with Crippen LogP contribution in [0.25, 0.3) is 0 Å². The first kappa shape index (κ1) is 22.8. The van der Waals surface area contributed by atoms with Crippen molar-refractivity contribution >= 4 is 26.7 Å². The number of hydrogen-bond acceptors (Lipinski definition) is 7. The lowest BCUT2D eigenvalue weighted by molar-refractivity contribution is 0.0976. The number of aromatic nitrogens is 1. The Morgan fingerprint density at radius 2 is 1.58 bits per heavy atom. The van der Waals surface area contributed by atoms with Gasteiger partial charge in [0.1, 0.15) is 0 Å². The SMILES string of the molecule is COCCOS1(OCc2ccccc2)C(NC(=O)c2ccccc2)=NN=C1c1ccncc1. The second-order valence-corrected chi connectivity index (χ2v) is 9.18. The van der Waals surface area contributed by atoms with Gasteiger partial charge >= 0.3 is 0 Å². The lowest BCUT2D eigenvalue weighted by Gasteiger charge is -2.40. The molecule has 33 heavy (non-hydrogen) atoms. The summed E-state index contributed by atoms with van der Waals surface area (Å²) in [5.74, 6) is -0.323. The third-order valence-corrected chi connectivity index (χ3v) is 7.16. The second-order valence-electron chi connectivity index (χ2n) is 6.93. The predicted molar refractivity (Wildman–Crippen MR) is 129 cm³/mol. The van der Waals surface area contributed by atoms with Gasteiger partial charge in [-0.3, -0.25) is 23.5 Å². The standard InChI is InChI=1S/C24H24N4O4S/c1-30-16-17-31-33(32-18-19-8-4-2-5-9-19)23(21-12-14-25-15-13-21)27-28-24(33)26-22(29)20-10-6-3-7-11-20/h2-15H,16-18H2,1H3,(H,26,28,29). The molecule has 1 aromatic heterocycles. The minimum absolute atomic E-state index is 0.227. The zero-order valence-corrected chi connectivity index (χ0v) is 18.9. The highest BCUT2D eigenvalue weighted by atomic mass is 32.3. The summed E-state index contributed by atoms with van der Waals surface area (Å²) in [5, 5.41) is 12.3. The summed E-state index contributed by atoms with van der Waals surface area (Å²) in [6.45, 7) is 0.811. The Kier molecular flexibility index (Phi) is 7.59. The average molecular weight is 465 g/mol. The molecule has 4 rings (SSSR count). The van der Waals surface area contributed by atoms with Crippen LogP contribution in [-0.4, -0.2) is 41.4 Å². The monoisotopic (exact) mass is 464 g/mol. The number of benzene rings is 2. The maximum atomic E-state index is 13.0. The Hall–Kier alpha value is -3.37. The van der Waals surface area contributed by atoms with Crippen molar-refractivity contribution in [1.29, 1.82) is 0 Å². The Morgan fingerprint density at radius 3 is 2.27 bits per heavy atom. The smallest absolute Gasteiger partial charge is 0.257 e. The molecule has 0 fully saturated rings. The number of nitrogens with zero attached hydrogens (tertiary/aromatic N) is 3. The number of nitrogens with one attached hydrogen (secondary N) is 1. The molecule has 9 heteroatoms. The number of carbonyl (C=O) groups is 1. The molecule has 0 saturated carbocycles. The maximum absolute atomic E-state index is 13.0. The van der Waals surface area contributed by atoms with E-state index in [4.69, 9.17) is 13.1 Å². The van der Waals surface area contributed by atoms with Gasteiger partial charge in [0.05, 0.1) is 19.8 Å². The van der Waals surface area contributed by atoms with Gasteiger partial charge in [-0.05, 0) is 29.8 Å². The third-order valence-electron chi connectivity index (χ3n) is 4.70. The van der Waals surface area contributed by atoms with Gasteiger partial charge in [0.2, 0.25) is 5.17 Å². The summed E-state index contributed by atoms with van der Waals surface area (Å²) in [6.07, 6.45) is 3.32. The zero-order valence-electron chi connectivity index (χ0n) is 18.1. The zero-order chi connectivity index (χ0) is 22.9. The molecule has 1 atom stereocenters. The predicted octanol–water partition coefficient (Wildman–Crippen LogP) is 4.06. The summed E-state index contributed by atoms with van der Waals surface area (Å²) in [6, 6.07) is 22.2. The van der Waals surface area contributed by atoms with E-state index in [1.54, 1.807) is 43.8 Å². The molecule has 1 unspecified atom stereocenters. The summed E-state index contributed by atoms with van der Waals surface area (Å²) >= 11 is 0. The van der Waals surface area contributed by atoms with E-state index in [1.807, 2.05) is 48.5 Å². The molecule has 0 radical (unpaired) electrons. The van der Waals surface area contributed by atoms with E-state index in [-0.39, 0.29) is 24.3 Å². The first-order valence-corrected chi connectivity index (χ1v) is 11.8. The fraction of sp³-hybridized carbons (Fsp3) is 0.167. The minimum atomic E-state index is -2.71. The number of carbonyl (C=O) groups excluding carboxylic acids is 1. The Morgan fingerprint density at radius 1 is 0.879 bits per heavy atom. The van der Waals surface area contributed by atoms with E-state index >= 15 is 0 Å². The highest BCUT2D eigenvalue weighted by molar-refractivity contribution is 8.49. The number of amidine groups is 1. The molecule has 1 N–H and O–H groups in total. The lowest BCUT2D eigenvalue weighted by Crippen LogP contribution is -2.37. The van der Waals surface area contributed by atoms with Gasteiger partial charge < -0.3 is 4.74 Å². The molecule has 0 aliphatic carbocycles. The number of amides is 1. The third kappa shape index (κ3) is 5.35. The van der Waals surface area contributed by atoms with Crippen LogP contribution in [0.15, 0.2) is 95.4 Å². The van der Waals surface area contributed by atoms with Gasteiger partial charge in [0, 0.05) is 30.6 Å². The van der Waals surface area contributed by atoms with E-state index in [2.05, 4.69) is 20.5 Å². The molecule has 2 heterocycles. The number of methoxy groups -OCH3 is 1. The van der Waals surface area contributed by atoms with Gasteiger partial charge in [-0.25, -0.2) is 0 Å². The second kappa shape index (κ2) is 11.0. The van der Waals surface area contributed by atoms with E-state index in [0.717, 1.165) is 11.1 Å². The van der Waals surface area contributed by atoms with E-state index in [0.29, 0.717) is 17.2 Å². The highest BCUT2D eigenvalue weighted by Gasteiger charge is 2.41. The summed E-state index contributed by atoms with van der Waals surface area (Å²) in [4.78, 5) is 17.0. The van der Waals surface area contributed by atoms with Gasteiger partial charge in [0.25, 0.3) is 5.91 Å². The molecule has 0 spiro atoms. The number of ether oxygens (including phenoxy) is 1. The summed E-state index contributed by atoms with van der Waals surface area (Å²) in [7, 11) is -1.12. The van der Waals surface area contributed by atoms with E-state index in [9.17, 15) is 4.79 Å².